The number of carbonyl (C=O) groups is 3. The van der Waals surface area contributed by atoms with Crippen LogP contribution in [0.25, 0.3) is 0 Å². The average molecular weight is 1080 g/mol. The van der Waals surface area contributed by atoms with E-state index in [4.69, 9.17) is 14.2 Å². The van der Waals surface area contributed by atoms with Crippen LogP contribution in [-0.4, -0.2) is 37.2 Å². The number of rotatable bonds is 59. The van der Waals surface area contributed by atoms with Crippen molar-refractivity contribution in [2.24, 2.45) is 0 Å². The van der Waals surface area contributed by atoms with Gasteiger partial charge in [-0.15, -0.1) is 0 Å². The number of allylic oxidation sites excluding steroid dienone is 18. The van der Waals surface area contributed by atoms with Gasteiger partial charge in [0.2, 0.25) is 0 Å². The zero-order valence-electron chi connectivity index (χ0n) is 51.2. The lowest BCUT2D eigenvalue weighted by Gasteiger charge is -2.18. The molecule has 78 heavy (non-hydrogen) atoms. The van der Waals surface area contributed by atoms with Crippen molar-refractivity contribution in [3.8, 4) is 0 Å². The van der Waals surface area contributed by atoms with Crippen LogP contribution in [-0.2, 0) is 28.6 Å². The Kier molecular flexibility index (Phi) is 62.3. The number of esters is 3. The Labute approximate surface area is 482 Å². The van der Waals surface area contributed by atoms with Crippen LogP contribution in [0.3, 0.4) is 0 Å². The Hall–Kier alpha value is -3.93. The summed E-state index contributed by atoms with van der Waals surface area (Å²) in [5.41, 5.74) is 0. The van der Waals surface area contributed by atoms with Crippen molar-refractivity contribution in [1.29, 1.82) is 0 Å². The molecular weight excluding hydrogens is 961 g/mol. The van der Waals surface area contributed by atoms with Crippen molar-refractivity contribution < 1.29 is 28.6 Å². The Bertz CT molecular complexity index is 1570. The Morgan fingerprint density at radius 2 is 0.500 bits per heavy atom. The Balaban J connectivity index is 4.14. The van der Waals surface area contributed by atoms with Gasteiger partial charge in [-0.2, -0.15) is 0 Å². The summed E-state index contributed by atoms with van der Waals surface area (Å²) in [6.45, 7) is 6.49. The third kappa shape index (κ3) is 62.9. The molecule has 0 saturated carbocycles. The molecule has 0 aromatic heterocycles. The largest absolute Gasteiger partial charge is 0.462 e. The van der Waals surface area contributed by atoms with Crippen molar-refractivity contribution in [3.05, 3.63) is 109 Å². The molecule has 0 spiro atoms. The molecule has 0 rings (SSSR count). The Morgan fingerprint density at radius 1 is 0.269 bits per heavy atom. The van der Waals surface area contributed by atoms with Crippen LogP contribution in [0.1, 0.15) is 310 Å². The molecule has 0 fully saturated rings. The predicted molar refractivity (Wildman–Crippen MR) is 339 cm³/mol. The smallest absolute Gasteiger partial charge is 0.306 e. The van der Waals surface area contributed by atoms with Crippen LogP contribution in [0.5, 0.6) is 0 Å². The lowest BCUT2D eigenvalue weighted by molar-refractivity contribution is -0.167. The van der Waals surface area contributed by atoms with Gasteiger partial charge >= 0.3 is 17.9 Å². The van der Waals surface area contributed by atoms with E-state index in [1.54, 1.807) is 0 Å². The first kappa shape index (κ1) is 74.1. The molecule has 6 heteroatoms. The maximum Gasteiger partial charge on any atom is 0.306 e. The summed E-state index contributed by atoms with van der Waals surface area (Å²) in [5, 5.41) is 0. The standard InChI is InChI=1S/C72H122O6/c1-4-7-10-13-16-19-21-23-25-27-29-30-31-32-33-34-35-36-37-38-39-40-41-42-44-45-47-49-51-53-56-59-62-65-71(74)77-68-69(67-76-70(73)64-61-58-55-18-15-12-9-6-3)78-72(75)66-63-60-57-54-52-50-48-46-43-28-26-24-22-20-17-14-11-8-5-2/h7,10,16-17,19-20,23-26,29-30,32-33,35-36,38-39,69H,4-6,8-9,11-15,18,21-22,27-28,31,34,37,40-68H2,1-3H3/b10-7-,19-16-,20-17-,25-23-,26-24-,30-29-,33-32-,36-35-,39-38-. The molecule has 0 aliphatic heterocycles. The van der Waals surface area contributed by atoms with Gasteiger partial charge in [-0.1, -0.05) is 291 Å². The Morgan fingerprint density at radius 3 is 0.808 bits per heavy atom. The SMILES string of the molecule is CC/C=C\C/C=C\C/C=C\C/C=C\C/C=C\C/C=C\C/C=C\CCCCCCCCCCCCCC(=O)OCC(COC(=O)CCCCCCCCCC)OC(=O)CCCCCCCCCCC/C=C\C/C=C\CCCCC. The van der Waals surface area contributed by atoms with E-state index in [1.165, 1.54) is 161 Å². The number of hydrogen-bond donors (Lipinski definition) is 0. The van der Waals surface area contributed by atoms with Gasteiger partial charge in [-0.25, -0.2) is 0 Å². The third-order valence-electron chi connectivity index (χ3n) is 14.0. The van der Waals surface area contributed by atoms with Crippen molar-refractivity contribution in [2.45, 2.75) is 316 Å². The molecule has 0 aromatic rings. The van der Waals surface area contributed by atoms with Gasteiger partial charge < -0.3 is 14.2 Å². The van der Waals surface area contributed by atoms with E-state index in [9.17, 15) is 14.4 Å². The minimum absolute atomic E-state index is 0.0780. The lowest BCUT2D eigenvalue weighted by atomic mass is 10.0. The van der Waals surface area contributed by atoms with E-state index in [0.717, 1.165) is 109 Å². The third-order valence-corrected chi connectivity index (χ3v) is 14.0. The molecule has 0 radical (unpaired) electrons. The van der Waals surface area contributed by atoms with Crippen LogP contribution < -0.4 is 0 Å². The molecule has 0 aromatic carbocycles. The summed E-state index contributed by atoms with van der Waals surface area (Å²) in [7, 11) is 0. The van der Waals surface area contributed by atoms with Gasteiger partial charge in [0, 0.05) is 19.3 Å². The van der Waals surface area contributed by atoms with E-state index in [1.807, 2.05) is 0 Å². The highest BCUT2D eigenvalue weighted by atomic mass is 16.6. The molecule has 446 valence electrons. The van der Waals surface area contributed by atoms with Gasteiger partial charge in [-0.05, 0) is 109 Å². The second-order valence-electron chi connectivity index (χ2n) is 21.6. The van der Waals surface area contributed by atoms with Crippen LogP contribution in [0.2, 0.25) is 0 Å². The second kappa shape index (κ2) is 65.6. The van der Waals surface area contributed by atoms with E-state index < -0.39 is 6.10 Å². The van der Waals surface area contributed by atoms with Crippen LogP contribution >= 0.6 is 0 Å². The molecule has 0 heterocycles. The molecule has 0 bridgehead atoms. The maximum atomic E-state index is 12.9. The van der Waals surface area contributed by atoms with Crippen LogP contribution in [0.15, 0.2) is 109 Å². The van der Waals surface area contributed by atoms with E-state index in [-0.39, 0.29) is 31.1 Å². The topological polar surface area (TPSA) is 78.9 Å². The summed E-state index contributed by atoms with van der Waals surface area (Å²) in [6.07, 6.45) is 89.7. The van der Waals surface area contributed by atoms with Gasteiger partial charge in [0.15, 0.2) is 6.10 Å². The van der Waals surface area contributed by atoms with Crippen LogP contribution in [0, 0.1) is 0 Å². The first-order valence-electron chi connectivity index (χ1n) is 32.9. The molecule has 0 aliphatic rings. The van der Waals surface area contributed by atoms with Crippen molar-refractivity contribution in [2.75, 3.05) is 13.2 Å². The second-order valence-corrected chi connectivity index (χ2v) is 21.6. The quantitative estimate of drug-likeness (QED) is 0.0261. The number of ether oxygens (including phenoxy) is 3. The van der Waals surface area contributed by atoms with E-state index in [2.05, 4.69) is 130 Å². The molecule has 0 saturated heterocycles. The molecular formula is C72H122O6. The normalized spacial score (nSPS) is 12.8. The molecule has 1 unspecified atom stereocenters. The zero-order valence-corrected chi connectivity index (χ0v) is 51.2. The molecule has 0 amide bonds. The minimum Gasteiger partial charge on any atom is -0.462 e. The molecule has 6 nitrogen and oxygen atoms in total. The van der Waals surface area contributed by atoms with Gasteiger partial charge in [0.05, 0.1) is 0 Å². The van der Waals surface area contributed by atoms with E-state index in [0.29, 0.717) is 19.3 Å². The fourth-order valence-corrected chi connectivity index (χ4v) is 9.10. The van der Waals surface area contributed by atoms with Crippen molar-refractivity contribution in [3.63, 3.8) is 0 Å². The molecule has 0 aliphatic carbocycles. The summed E-state index contributed by atoms with van der Waals surface area (Å²) in [6, 6.07) is 0. The van der Waals surface area contributed by atoms with Gasteiger partial charge in [-0.3, -0.25) is 14.4 Å². The predicted octanol–water partition coefficient (Wildman–Crippen LogP) is 22.6. The lowest BCUT2D eigenvalue weighted by Crippen LogP contribution is -2.30. The number of carbonyl (C=O) groups excluding carboxylic acids is 3. The summed E-state index contributed by atoms with van der Waals surface area (Å²) in [5.74, 6) is -0.882. The first-order chi connectivity index (χ1) is 38.5. The zero-order chi connectivity index (χ0) is 56.4. The van der Waals surface area contributed by atoms with Crippen molar-refractivity contribution in [1.82, 2.24) is 0 Å². The van der Waals surface area contributed by atoms with E-state index >= 15 is 0 Å². The minimum atomic E-state index is -0.780. The fourth-order valence-electron chi connectivity index (χ4n) is 9.10. The summed E-state index contributed by atoms with van der Waals surface area (Å²) < 4.78 is 16.9. The highest BCUT2D eigenvalue weighted by Crippen LogP contribution is 2.16. The molecule has 0 N–H and O–H groups in total. The highest BCUT2D eigenvalue weighted by Gasteiger charge is 2.19. The average Bonchev–Trinajstić information content (AvgIpc) is 3.44. The fraction of sp³-hybridized carbons (Fsp3) is 0.708. The van der Waals surface area contributed by atoms with Crippen LogP contribution in [0.4, 0.5) is 0 Å². The van der Waals surface area contributed by atoms with Crippen molar-refractivity contribution >= 4 is 17.9 Å². The van der Waals surface area contributed by atoms with Gasteiger partial charge in [0.25, 0.3) is 0 Å². The summed E-state index contributed by atoms with van der Waals surface area (Å²) >= 11 is 0. The number of unbranched alkanes of at least 4 members (excludes halogenated alkanes) is 30. The summed E-state index contributed by atoms with van der Waals surface area (Å²) in [4.78, 5) is 38.1. The molecule has 1 atom stereocenters. The first-order valence-corrected chi connectivity index (χ1v) is 32.9. The van der Waals surface area contributed by atoms with Gasteiger partial charge in [0.1, 0.15) is 13.2 Å². The highest BCUT2D eigenvalue weighted by molar-refractivity contribution is 5.71. The monoisotopic (exact) mass is 1080 g/mol. The maximum absolute atomic E-state index is 12.9. The number of hydrogen-bond acceptors (Lipinski definition) is 6.